The van der Waals surface area contributed by atoms with E-state index in [0.717, 1.165) is 6.54 Å². The highest BCUT2D eigenvalue weighted by molar-refractivity contribution is 5.92. The predicted molar refractivity (Wildman–Crippen MR) is 71.4 cm³/mol. The van der Waals surface area contributed by atoms with Crippen LogP contribution in [-0.2, 0) is 0 Å². The molecule has 1 saturated heterocycles. The fourth-order valence-corrected chi connectivity index (χ4v) is 2.40. The fraction of sp³-hybridized carbons (Fsp3) is 0.571. The molecule has 1 aliphatic heterocycles. The third kappa shape index (κ3) is 3.07. The van der Waals surface area contributed by atoms with Gasteiger partial charge in [-0.05, 0) is 36.9 Å². The zero-order valence-electron chi connectivity index (χ0n) is 11.1. The Hall–Kier alpha value is -1.42. The lowest BCUT2D eigenvalue weighted by molar-refractivity contribution is 0.0924. The SMILES string of the molecule is CC1(C)CCCNC1CNC(=O)c1ccccn1. The molecule has 1 aromatic heterocycles. The lowest BCUT2D eigenvalue weighted by atomic mass is 9.77. The number of aromatic nitrogens is 1. The third-order valence-corrected chi connectivity index (χ3v) is 3.70. The molecule has 18 heavy (non-hydrogen) atoms. The van der Waals surface area contributed by atoms with E-state index in [2.05, 4.69) is 29.5 Å². The summed E-state index contributed by atoms with van der Waals surface area (Å²) in [6.45, 7) is 6.18. The number of hydrogen-bond acceptors (Lipinski definition) is 3. The van der Waals surface area contributed by atoms with Crippen molar-refractivity contribution in [2.75, 3.05) is 13.1 Å². The van der Waals surface area contributed by atoms with Crippen molar-refractivity contribution in [3.05, 3.63) is 30.1 Å². The van der Waals surface area contributed by atoms with Gasteiger partial charge in [0.15, 0.2) is 0 Å². The van der Waals surface area contributed by atoms with Crippen LogP contribution in [0.1, 0.15) is 37.2 Å². The number of piperidine rings is 1. The highest BCUT2D eigenvalue weighted by atomic mass is 16.1. The number of rotatable bonds is 3. The van der Waals surface area contributed by atoms with Crippen LogP contribution in [0.4, 0.5) is 0 Å². The molecule has 1 fully saturated rings. The van der Waals surface area contributed by atoms with Gasteiger partial charge in [-0.2, -0.15) is 0 Å². The van der Waals surface area contributed by atoms with Gasteiger partial charge in [0.2, 0.25) is 0 Å². The van der Waals surface area contributed by atoms with Crippen molar-refractivity contribution >= 4 is 5.91 Å². The fourth-order valence-electron chi connectivity index (χ4n) is 2.40. The highest BCUT2D eigenvalue weighted by Gasteiger charge is 2.31. The first-order chi connectivity index (χ1) is 8.59. The smallest absolute Gasteiger partial charge is 0.269 e. The molecule has 0 radical (unpaired) electrons. The van der Waals surface area contributed by atoms with Crippen molar-refractivity contribution in [3.8, 4) is 0 Å². The molecule has 4 nitrogen and oxygen atoms in total. The summed E-state index contributed by atoms with van der Waals surface area (Å²) < 4.78 is 0. The molecule has 1 amide bonds. The second-order valence-corrected chi connectivity index (χ2v) is 5.52. The van der Waals surface area contributed by atoms with Crippen LogP contribution in [0.25, 0.3) is 0 Å². The van der Waals surface area contributed by atoms with Crippen LogP contribution < -0.4 is 10.6 Å². The van der Waals surface area contributed by atoms with Gasteiger partial charge in [-0.25, -0.2) is 0 Å². The minimum absolute atomic E-state index is 0.0984. The molecular formula is C14H21N3O. The van der Waals surface area contributed by atoms with E-state index in [1.165, 1.54) is 12.8 Å². The number of nitrogens with zero attached hydrogens (tertiary/aromatic N) is 1. The molecule has 0 saturated carbocycles. The molecular weight excluding hydrogens is 226 g/mol. The van der Waals surface area contributed by atoms with Crippen LogP contribution in [0.3, 0.4) is 0 Å². The minimum atomic E-state index is -0.0984. The van der Waals surface area contributed by atoms with Crippen LogP contribution in [0.15, 0.2) is 24.4 Å². The van der Waals surface area contributed by atoms with E-state index in [1.807, 2.05) is 12.1 Å². The van der Waals surface area contributed by atoms with Crippen molar-refractivity contribution in [3.63, 3.8) is 0 Å². The third-order valence-electron chi connectivity index (χ3n) is 3.70. The van der Waals surface area contributed by atoms with Gasteiger partial charge in [-0.1, -0.05) is 19.9 Å². The standard InChI is InChI=1S/C14H21N3O/c1-14(2)7-5-9-16-12(14)10-17-13(18)11-6-3-4-8-15-11/h3-4,6,8,12,16H,5,7,9-10H2,1-2H3,(H,17,18). The molecule has 0 aromatic carbocycles. The second kappa shape index (κ2) is 5.48. The molecule has 0 bridgehead atoms. The van der Waals surface area contributed by atoms with E-state index in [0.29, 0.717) is 18.3 Å². The van der Waals surface area contributed by atoms with Crippen LogP contribution in [0, 0.1) is 5.41 Å². The maximum absolute atomic E-state index is 11.9. The van der Waals surface area contributed by atoms with Gasteiger partial charge in [-0.15, -0.1) is 0 Å². The largest absolute Gasteiger partial charge is 0.349 e. The van der Waals surface area contributed by atoms with Gasteiger partial charge in [0.1, 0.15) is 5.69 Å². The summed E-state index contributed by atoms with van der Waals surface area (Å²) in [6.07, 6.45) is 4.04. The average Bonchev–Trinajstić information content (AvgIpc) is 2.38. The number of carbonyl (C=O) groups is 1. The van der Waals surface area contributed by atoms with E-state index < -0.39 is 0 Å². The lowest BCUT2D eigenvalue weighted by Gasteiger charge is -2.39. The van der Waals surface area contributed by atoms with Gasteiger partial charge < -0.3 is 10.6 Å². The zero-order chi connectivity index (χ0) is 13.0. The maximum Gasteiger partial charge on any atom is 0.269 e. The Morgan fingerprint density at radius 2 is 2.39 bits per heavy atom. The number of amides is 1. The molecule has 1 atom stereocenters. The van der Waals surface area contributed by atoms with Crippen molar-refractivity contribution in [1.29, 1.82) is 0 Å². The molecule has 2 heterocycles. The van der Waals surface area contributed by atoms with E-state index in [1.54, 1.807) is 12.3 Å². The molecule has 1 unspecified atom stereocenters. The lowest BCUT2D eigenvalue weighted by Crippen LogP contribution is -2.52. The van der Waals surface area contributed by atoms with Crippen molar-refractivity contribution in [1.82, 2.24) is 15.6 Å². The van der Waals surface area contributed by atoms with Crippen LogP contribution in [0.5, 0.6) is 0 Å². The molecule has 0 spiro atoms. The summed E-state index contributed by atoms with van der Waals surface area (Å²) in [7, 11) is 0. The number of nitrogens with one attached hydrogen (secondary N) is 2. The number of carbonyl (C=O) groups excluding carboxylic acids is 1. The second-order valence-electron chi connectivity index (χ2n) is 5.52. The molecule has 1 aromatic rings. The molecule has 2 rings (SSSR count). The minimum Gasteiger partial charge on any atom is -0.349 e. The normalized spacial score (nSPS) is 22.4. The Balaban J connectivity index is 1.90. The Morgan fingerprint density at radius 3 is 3.06 bits per heavy atom. The number of hydrogen-bond donors (Lipinski definition) is 2. The predicted octanol–water partition coefficient (Wildman–Crippen LogP) is 1.59. The van der Waals surface area contributed by atoms with E-state index >= 15 is 0 Å². The average molecular weight is 247 g/mol. The first-order valence-electron chi connectivity index (χ1n) is 6.52. The summed E-state index contributed by atoms with van der Waals surface area (Å²) >= 11 is 0. The summed E-state index contributed by atoms with van der Waals surface area (Å²) in [6, 6.07) is 5.70. The van der Waals surface area contributed by atoms with E-state index in [9.17, 15) is 4.79 Å². The van der Waals surface area contributed by atoms with Crippen LogP contribution >= 0.6 is 0 Å². The van der Waals surface area contributed by atoms with Gasteiger partial charge in [0, 0.05) is 18.8 Å². The van der Waals surface area contributed by atoms with Gasteiger partial charge >= 0.3 is 0 Å². The van der Waals surface area contributed by atoms with Gasteiger partial charge in [0.25, 0.3) is 5.91 Å². The molecule has 4 heteroatoms. The first kappa shape index (κ1) is 13.0. The Morgan fingerprint density at radius 1 is 1.56 bits per heavy atom. The van der Waals surface area contributed by atoms with Crippen molar-refractivity contribution in [2.45, 2.75) is 32.7 Å². The van der Waals surface area contributed by atoms with Crippen molar-refractivity contribution in [2.24, 2.45) is 5.41 Å². The van der Waals surface area contributed by atoms with Crippen molar-refractivity contribution < 1.29 is 4.79 Å². The van der Waals surface area contributed by atoms with Gasteiger partial charge in [0.05, 0.1) is 0 Å². The molecule has 2 N–H and O–H groups in total. The summed E-state index contributed by atoms with van der Waals surface area (Å²) in [5.74, 6) is -0.0984. The Labute approximate surface area is 108 Å². The quantitative estimate of drug-likeness (QED) is 0.853. The Kier molecular flexibility index (Phi) is 3.97. The highest BCUT2D eigenvalue weighted by Crippen LogP contribution is 2.29. The van der Waals surface area contributed by atoms with Gasteiger partial charge in [-0.3, -0.25) is 9.78 Å². The summed E-state index contributed by atoms with van der Waals surface area (Å²) in [4.78, 5) is 15.9. The number of pyridine rings is 1. The molecule has 0 aliphatic carbocycles. The summed E-state index contributed by atoms with van der Waals surface area (Å²) in [5.41, 5.74) is 0.710. The Bertz CT molecular complexity index is 403. The monoisotopic (exact) mass is 247 g/mol. The molecule has 98 valence electrons. The maximum atomic E-state index is 11.9. The van der Waals surface area contributed by atoms with Crippen LogP contribution in [-0.4, -0.2) is 30.0 Å². The molecule has 1 aliphatic rings. The van der Waals surface area contributed by atoms with E-state index in [-0.39, 0.29) is 11.3 Å². The topological polar surface area (TPSA) is 54.0 Å². The summed E-state index contributed by atoms with van der Waals surface area (Å²) in [5, 5.41) is 6.44. The first-order valence-corrected chi connectivity index (χ1v) is 6.52. The van der Waals surface area contributed by atoms with Crippen LogP contribution in [0.2, 0.25) is 0 Å². The zero-order valence-corrected chi connectivity index (χ0v) is 11.1. The van der Waals surface area contributed by atoms with E-state index in [4.69, 9.17) is 0 Å².